The Labute approximate surface area is 103 Å². The molecule has 0 aromatic heterocycles. The van der Waals surface area contributed by atoms with Gasteiger partial charge in [-0.1, -0.05) is 19.1 Å². The summed E-state index contributed by atoms with van der Waals surface area (Å²) in [6.45, 7) is 4.68. The Hall–Kier alpha value is -0.890. The van der Waals surface area contributed by atoms with E-state index in [4.69, 9.17) is 21.1 Å². The third-order valence-electron chi connectivity index (χ3n) is 2.45. The second-order valence-electron chi connectivity index (χ2n) is 3.59. The number of hydrogen-bond acceptors (Lipinski definition) is 2. The predicted octanol–water partition coefficient (Wildman–Crippen LogP) is 3.65. The summed E-state index contributed by atoms with van der Waals surface area (Å²) in [5.41, 5.74) is 1.11. The van der Waals surface area contributed by atoms with Gasteiger partial charge in [-0.2, -0.15) is 0 Å². The summed E-state index contributed by atoms with van der Waals surface area (Å²) in [7, 11) is 1.66. The fourth-order valence-electron chi connectivity index (χ4n) is 1.61. The van der Waals surface area contributed by atoms with E-state index in [1.54, 1.807) is 7.11 Å². The Bertz CT molecular complexity index is 326. The highest BCUT2D eigenvalue weighted by Gasteiger charge is 2.12. The molecule has 0 N–H and O–H groups in total. The first-order valence-corrected chi connectivity index (χ1v) is 6.09. The second kappa shape index (κ2) is 6.64. The van der Waals surface area contributed by atoms with E-state index in [0.29, 0.717) is 6.61 Å². The minimum absolute atomic E-state index is 0.144. The van der Waals surface area contributed by atoms with Crippen LogP contribution in [-0.2, 0) is 6.42 Å². The molecule has 1 unspecified atom stereocenters. The number of methoxy groups -OCH3 is 1. The Morgan fingerprint density at radius 2 is 2.06 bits per heavy atom. The molecule has 0 aliphatic heterocycles. The number of benzene rings is 1. The largest absolute Gasteiger partial charge is 0.493 e. The summed E-state index contributed by atoms with van der Waals surface area (Å²) >= 11 is 6.16. The zero-order valence-corrected chi connectivity index (χ0v) is 10.9. The first kappa shape index (κ1) is 13.2. The van der Waals surface area contributed by atoms with E-state index in [2.05, 4.69) is 6.92 Å². The maximum Gasteiger partial charge on any atom is 0.163 e. The van der Waals surface area contributed by atoms with Crippen LogP contribution < -0.4 is 9.47 Å². The molecule has 1 aromatic carbocycles. The fourth-order valence-corrected chi connectivity index (χ4v) is 1.77. The lowest BCUT2D eigenvalue weighted by Crippen LogP contribution is -2.04. The van der Waals surface area contributed by atoms with Gasteiger partial charge in [0.25, 0.3) is 0 Å². The van der Waals surface area contributed by atoms with Crippen LogP contribution in [0.25, 0.3) is 0 Å². The SMILES string of the molecule is CCOc1cccc(CC(Cl)CC)c1OC. The number of hydrogen-bond donors (Lipinski definition) is 0. The molecule has 0 saturated carbocycles. The van der Waals surface area contributed by atoms with Crippen molar-refractivity contribution in [2.45, 2.75) is 32.1 Å². The van der Waals surface area contributed by atoms with E-state index in [1.807, 2.05) is 25.1 Å². The molecule has 0 radical (unpaired) electrons. The smallest absolute Gasteiger partial charge is 0.163 e. The number of alkyl halides is 1. The maximum absolute atomic E-state index is 6.16. The summed E-state index contributed by atoms with van der Waals surface area (Å²) in [6, 6.07) is 5.93. The Balaban J connectivity index is 2.94. The van der Waals surface area contributed by atoms with E-state index < -0.39 is 0 Å². The number of ether oxygens (including phenoxy) is 2. The van der Waals surface area contributed by atoms with Crippen LogP contribution in [0.15, 0.2) is 18.2 Å². The summed E-state index contributed by atoms with van der Waals surface area (Å²) in [4.78, 5) is 0. The molecule has 0 saturated heterocycles. The number of para-hydroxylation sites is 1. The van der Waals surface area contributed by atoms with Crippen molar-refractivity contribution in [2.24, 2.45) is 0 Å². The molecular formula is C13H19ClO2. The van der Waals surface area contributed by atoms with Crippen molar-refractivity contribution in [1.82, 2.24) is 0 Å². The molecule has 0 bridgehead atoms. The molecule has 0 spiro atoms. The van der Waals surface area contributed by atoms with Crippen LogP contribution in [0.5, 0.6) is 11.5 Å². The maximum atomic E-state index is 6.16. The van der Waals surface area contributed by atoms with Gasteiger partial charge in [0.2, 0.25) is 0 Å². The highest BCUT2D eigenvalue weighted by atomic mass is 35.5. The lowest BCUT2D eigenvalue weighted by molar-refractivity contribution is 0.309. The van der Waals surface area contributed by atoms with Crippen molar-refractivity contribution >= 4 is 11.6 Å². The summed E-state index contributed by atoms with van der Waals surface area (Å²) < 4.78 is 10.9. The van der Waals surface area contributed by atoms with Gasteiger partial charge in [0.1, 0.15) is 0 Å². The molecule has 3 heteroatoms. The first-order chi connectivity index (χ1) is 7.72. The van der Waals surface area contributed by atoms with Crippen molar-refractivity contribution in [2.75, 3.05) is 13.7 Å². The van der Waals surface area contributed by atoms with Gasteiger partial charge in [0.15, 0.2) is 11.5 Å². The third kappa shape index (κ3) is 3.31. The number of rotatable bonds is 6. The zero-order chi connectivity index (χ0) is 12.0. The number of halogens is 1. The van der Waals surface area contributed by atoms with E-state index in [1.165, 1.54) is 0 Å². The molecule has 0 aliphatic rings. The molecule has 0 amide bonds. The van der Waals surface area contributed by atoms with Gasteiger partial charge in [-0.15, -0.1) is 11.6 Å². The molecule has 16 heavy (non-hydrogen) atoms. The standard InChI is InChI=1S/C13H19ClO2/c1-4-11(14)9-10-7-6-8-12(16-5-2)13(10)15-3/h6-8,11H,4-5,9H2,1-3H3. The van der Waals surface area contributed by atoms with Crippen molar-refractivity contribution in [3.05, 3.63) is 23.8 Å². The van der Waals surface area contributed by atoms with Gasteiger partial charge in [0.05, 0.1) is 13.7 Å². The van der Waals surface area contributed by atoms with Gasteiger partial charge in [-0.05, 0) is 31.4 Å². The predicted molar refractivity (Wildman–Crippen MR) is 67.8 cm³/mol. The molecule has 0 fully saturated rings. The normalized spacial score (nSPS) is 12.2. The van der Waals surface area contributed by atoms with Crippen LogP contribution in [0.4, 0.5) is 0 Å². The monoisotopic (exact) mass is 242 g/mol. The highest BCUT2D eigenvalue weighted by molar-refractivity contribution is 6.20. The molecule has 1 atom stereocenters. The van der Waals surface area contributed by atoms with Crippen molar-refractivity contribution < 1.29 is 9.47 Å². The van der Waals surface area contributed by atoms with Crippen LogP contribution in [0.1, 0.15) is 25.8 Å². The topological polar surface area (TPSA) is 18.5 Å². The molecule has 0 aliphatic carbocycles. The Morgan fingerprint density at radius 3 is 2.62 bits per heavy atom. The summed E-state index contributed by atoms with van der Waals surface area (Å²) in [5.74, 6) is 1.60. The van der Waals surface area contributed by atoms with Crippen molar-refractivity contribution in [3.63, 3.8) is 0 Å². The van der Waals surface area contributed by atoms with Gasteiger partial charge in [-0.3, -0.25) is 0 Å². The van der Waals surface area contributed by atoms with Crippen LogP contribution >= 0.6 is 11.6 Å². The Kier molecular flexibility index (Phi) is 5.47. The van der Waals surface area contributed by atoms with Crippen LogP contribution in [0.2, 0.25) is 0 Å². The first-order valence-electron chi connectivity index (χ1n) is 5.65. The van der Waals surface area contributed by atoms with Crippen LogP contribution in [-0.4, -0.2) is 19.1 Å². The fraction of sp³-hybridized carbons (Fsp3) is 0.538. The molecule has 1 rings (SSSR count). The third-order valence-corrected chi connectivity index (χ3v) is 2.91. The van der Waals surface area contributed by atoms with E-state index in [9.17, 15) is 0 Å². The van der Waals surface area contributed by atoms with Gasteiger partial charge in [-0.25, -0.2) is 0 Å². The summed E-state index contributed by atoms with van der Waals surface area (Å²) in [5, 5.41) is 0.144. The van der Waals surface area contributed by atoms with Crippen LogP contribution in [0, 0.1) is 0 Å². The van der Waals surface area contributed by atoms with E-state index >= 15 is 0 Å². The van der Waals surface area contributed by atoms with E-state index in [0.717, 1.165) is 29.9 Å². The van der Waals surface area contributed by atoms with Crippen LogP contribution in [0.3, 0.4) is 0 Å². The second-order valence-corrected chi connectivity index (χ2v) is 4.21. The lowest BCUT2D eigenvalue weighted by atomic mass is 10.1. The minimum atomic E-state index is 0.144. The molecular weight excluding hydrogens is 224 g/mol. The Morgan fingerprint density at radius 1 is 1.31 bits per heavy atom. The van der Waals surface area contributed by atoms with Gasteiger partial charge < -0.3 is 9.47 Å². The minimum Gasteiger partial charge on any atom is -0.493 e. The molecule has 2 nitrogen and oxygen atoms in total. The van der Waals surface area contributed by atoms with E-state index in [-0.39, 0.29) is 5.38 Å². The van der Waals surface area contributed by atoms with Crippen molar-refractivity contribution in [3.8, 4) is 11.5 Å². The molecule has 1 aromatic rings. The quantitative estimate of drug-likeness (QED) is 0.709. The zero-order valence-electron chi connectivity index (χ0n) is 10.1. The summed E-state index contributed by atoms with van der Waals surface area (Å²) in [6.07, 6.45) is 1.76. The highest BCUT2D eigenvalue weighted by Crippen LogP contribution is 2.32. The lowest BCUT2D eigenvalue weighted by Gasteiger charge is -2.15. The van der Waals surface area contributed by atoms with Crippen molar-refractivity contribution in [1.29, 1.82) is 0 Å². The molecule has 90 valence electrons. The van der Waals surface area contributed by atoms with Gasteiger partial charge in [0, 0.05) is 5.38 Å². The molecule has 0 heterocycles. The average Bonchev–Trinajstić information content (AvgIpc) is 2.29. The van der Waals surface area contributed by atoms with Gasteiger partial charge >= 0.3 is 0 Å². The average molecular weight is 243 g/mol.